The van der Waals surface area contributed by atoms with Crippen molar-refractivity contribution in [2.75, 3.05) is 32.6 Å². The molecule has 3 aromatic rings. The van der Waals surface area contributed by atoms with E-state index in [2.05, 4.69) is 10.3 Å². The van der Waals surface area contributed by atoms with Gasteiger partial charge >= 0.3 is 0 Å². The van der Waals surface area contributed by atoms with Crippen molar-refractivity contribution in [2.45, 2.75) is 24.2 Å². The van der Waals surface area contributed by atoms with Gasteiger partial charge in [-0.05, 0) is 49.2 Å². The van der Waals surface area contributed by atoms with Crippen molar-refractivity contribution in [2.24, 2.45) is 0 Å². The van der Waals surface area contributed by atoms with E-state index in [9.17, 15) is 13.2 Å². The number of rotatable bonds is 7. The zero-order valence-corrected chi connectivity index (χ0v) is 19.3. The number of nitrogens with one attached hydrogen (secondary N) is 1. The van der Waals surface area contributed by atoms with E-state index in [1.54, 1.807) is 53.2 Å². The zero-order valence-electron chi connectivity index (χ0n) is 18.5. The number of anilines is 1. The third kappa shape index (κ3) is 4.86. The largest absolute Gasteiger partial charge is 0.497 e. The Bertz CT molecular complexity index is 1230. The molecule has 1 N–H and O–H groups in total. The van der Waals surface area contributed by atoms with Crippen LogP contribution >= 0.6 is 0 Å². The molecule has 10 heteroatoms. The number of carbonyl (C=O) groups excluding carboxylic acids is 1. The quantitative estimate of drug-likeness (QED) is 0.568. The molecule has 2 aromatic carbocycles. The summed E-state index contributed by atoms with van der Waals surface area (Å²) in [7, 11) is -0.439. The summed E-state index contributed by atoms with van der Waals surface area (Å²) in [6.07, 6.45) is 5.92. The molecule has 1 aromatic heterocycles. The molecule has 1 aliphatic rings. The van der Waals surface area contributed by atoms with Gasteiger partial charge in [0.25, 0.3) is 5.91 Å². The lowest BCUT2D eigenvalue weighted by Gasteiger charge is -2.25. The Morgan fingerprint density at radius 3 is 2.39 bits per heavy atom. The first-order chi connectivity index (χ1) is 15.9. The van der Waals surface area contributed by atoms with Gasteiger partial charge in [0, 0.05) is 31.0 Å². The van der Waals surface area contributed by atoms with E-state index in [4.69, 9.17) is 9.47 Å². The van der Waals surface area contributed by atoms with E-state index in [0.29, 0.717) is 36.0 Å². The van der Waals surface area contributed by atoms with E-state index < -0.39 is 15.9 Å². The number of amides is 1. The van der Waals surface area contributed by atoms with Crippen LogP contribution in [0, 0.1) is 0 Å². The fourth-order valence-electron chi connectivity index (χ4n) is 3.72. The Balaban J connectivity index is 1.50. The van der Waals surface area contributed by atoms with Gasteiger partial charge in [-0.2, -0.15) is 4.31 Å². The van der Waals surface area contributed by atoms with Crippen LogP contribution in [0.1, 0.15) is 29.8 Å². The standard InChI is InChI=1S/C23H26N4O5S/c1-31-18-8-11-22(32-2)20(14-18)25-23(28)21-15-26(16-24-21)17-6-9-19(10-7-17)33(29,30)27-12-4-3-5-13-27/h6-11,14-16H,3-5,12-13H2,1-2H3,(H,25,28). The number of benzene rings is 2. The average Bonchev–Trinajstić information content (AvgIpc) is 3.35. The van der Waals surface area contributed by atoms with Crippen LogP contribution in [0.15, 0.2) is 59.9 Å². The minimum absolute atomic E-state index is 0.199. The highest BCUT2D eigenvalue weighted by atomic mass is 32.2. The second-order valence-corrected chi connectivity index (χ2v) is 9.58. The van der Waals surface area contributed by atoms with E-state index in [-0.39, 0.29) is 10.6 Å². The van der Waals surface area contributed by atoms with Crippen molar-refractivity contribution in [3.8, 4) is 17.2 Å². The predicted molar refractivity (Wildman–Crippen MR) is 124 cm³/mol. The van der Waals surface area contributed by atoms with Crippen molar-refractivity contribution in [1.29, 1.82) is 0 Å². The monoisotopic (exact) mass is 470 g/mol. The first kappa shape index (κ1) is 22.8. The maximum Gasteiger partial charge on any atom is 0.275 e. The summed E-state index contributed by atoms with van der Waals surface area (Å²) in [6.45, 7) is 1.12. The molecule has 0 atom stereocenters. The number of hydrogen-bond acceptors (Lipinski definition) is 6. The smallest absolute Gasteiger partial charge is 0.275 e. The number of methoxy groups -OCH3 is 2. The van der Waals surface area contributed by atoms with Gasteiger partial charge < -0.3 is 19.4 Å². The van der Waals surface area contributed by atoms with E-state index in [0.717, 1.165) is 19.3 Å². The number of nitrogens with zero attached hydrogens (tertiary/aromatic N) is 3. The molecule has 1 amide bonds. The van der Waals surface area contributed by atoms with Gasteiger partial charge in [0.05, 0.1) is 24.8 Å². The molecule has 174 valence electrons. The number of ether oxygens (including phenoxy) is 2. The number of imidazole rings is 1. The van der Waals surface area contributed by atoms with Crippen LogP contribution in [0.2, 0.25) is 0 Å². The summed E-state index contributed by atoms with van der Waals surface area (Å²) in [6, 6.07) is 11.7. The lowest BCUT2D eigenvalue weighted by atomic mass is 10.2. The summed E-state index contributed by atoms with van der Waals surface area (Å²) >= 11 is 0. The number of carbonyl (C=O) groups is 1. The normalized spacial score (nSPS) is 14.6. The minimum Gasteiger partial charge on any atom is -0.497 e. The molecular formula is C23H26N4O5S. The van der Waals surface area contributed by atoms with Crippen LogP contribution in [0.3, 0.4) is 0 Å². The Morgan fingerprint density at radius 1 is 1.00 bits per heavy atom. The highest BCUT2D eigenvalue weighted by molar-refractivity contribution is 7.89. The second kappa shape index (κ2) is 9.63. The molecule has 0 bridgehead atoms. The van der Waals surface area contributed by atoms with Gasteiger partial charge in [-0.1, -0.05) is 6.42 Å². The van der Waals surface area contributed by atoms with Crippen molar-refractivity contribution in [1.82, 2.24) is 13.9 Å². The number of sulfonamides is 1. The molecule has 0 aliphatic carbocycles. The topological polar surface area (TPSA) is 103 Å². The van der Waals surface area contributed by atoms with Crippen LogP contribution in [0.5, 0.6) is 11.5 Å². The van der Waals surface area contributed by atoms with Crippen molar-refractivity contribution in [3.05, 3.63) is 60.7 Å². The van der Waals surface area contributed by atoms with Crippen molar-refractivity contribution < 1.29 is 22.7 Å². The minimum atomic E-state index is -3.49. The number of hydrogen-bond donors (Lipinski definition) is 1. The molecule has 2 heterocycles. The molecule has 0 saturated carbocycles. The highest BCUT2D eigenvalue weighted by Crippen LogP contribution is 2.29. The van der Waals surface area contributed by atoms with Gasteiger partial charge in [0.2, 0.25) is 10.0 Å². The molecule has 0 unspecified atom stereocenters. The van der Waals surface area contributed by atoms with Crippen LogP contribution < -0.4 is 14.8 Å². The Kier molecular flexibility index (Phi) is 6.66. The molecule has 1 fully saturated rings. The molecule has 33 heavy (non-hydrogen) atoms. The molecule has 1 saturated heterocycles. The third-order valence-corrected chi connectivity index (χ3v) is 7.47. The van der Waals surface area contributed by atoms with E-state index >= 15 is 0 Å². The summed E-state index contributed by atoms with van der Waals surface area (Å²) in [5, 5.41) is 2.78. The summed E-state index contributed by atoms with van der Waals surface area (Å²) in [4.78, 5) is 17.2. The molecule has 0 radical (unpaired) electrons. The Morgan fingerprint density at radius 2 is 1.73 bits per heavy atom. The fourth-order valence-corrected chi connectivity index (χ4v) is 5.24. The Hall–Kier alpha value is -3.37. The van der Waals surface area contributed by atoms with Gasteiger partial charge in [-0.15, -0.1) is 0 Å². The SMILES string of the molecule is COc1ccc(OC)c(NC(=O)c2cn(-c3ccc(S(=O)(=O)N4CCCCC4)cc3)cn2)c1. The number of piperidine rings is 1. The lowest BCUT2D eigenvalue weighted by molar-refractivity contribution is 0.102. The van der Waals surface area contributed by atoms with Crippen LogP contribution in [-0.4, -0.2) is 55.5 Å². The maximum absolute atomic E-state index is 12.8. The number of aromatic nitrogens is 2. The van der Waals surface area contributed by atoms with E-state index in [1.807, 2.05) is 0 Å². The van der Waals surface area contributed by atoms with Crippen molar-refractivity contribution in [3.63, 3.8) is 0 Å². The van der Waals surface area contributed by atoms with Crippen LogP contribution in [0.25, 0.3) is 5.69 Å². The zero-order chi connectivity index (χ0) is 23.4. The average molecular weight is 471 g/mol. The van der Waals surface area contributed by atoms with Gasteiger partial charge in [-0.3, -0.25) is 4.79 Å². The lowest BCUT2D eigenvalue weighted by Crippen LogP contribution is -2.35. The second-order valence-electron chi connectivity index (χ2n) is 7.65. The van der Waals surface area contributed by atoms with Crippen LogP contribution in [-0.2, 0) is 10.0 Å². The molecule has 1 aliphatic heterocycles. The van der Waals surface area contributed by atoms with Gasteiger partial charge in [-0.25, -0.2) is 13.4 Å². The molecular weight excluding hydrogens is 444 g/mol. The van der Waals surface area contributed by atoms with E-state index in [1.165, 1.54) is 24.9 Å². The summed E-state index contributed by atoms with van der Waals surface area (Å²) in [5.74, 6) is 0.662. The summed E-state index contributed by atoms with van der Waals surface area (Å²) in [5.41, 5.74) is 1.35. The predicted octanol–water partition coefficient (Wildman–Crippen LogP) is 3.32. The molecule has 4 rings (SSSR count). The first-order valence-corrected chi connectivity index (χ1v) is 12.0. The van der Waals surface area contributed by atoms with Gasteiger partial charge in [0.1, 0.15) is 23.5 Å². The van der Waals surface area contributed by atoms with Crippen LogP contribution in [0.4, 0.5) is 5.69 Å². The first-order valence-electron chi connectivity index (χ1n) is 10.6. The van der Waals surface area contributed by atoms with Crippen molar-refractivity contribution >= 4 is 21.6 Å². The van der Waals surface area contributed by atoms with Gasteiger partial charge in [0.15, 0.2) is 0 Å². The fraction of sp³-hybridized carbons (Fsp3) is 0.304. The maximum atomic E-state index is 12.8. The molecule has 0 spiro atoms. The third-order valence-electron chi connectivity index (χ3n) is 5.56. The molecule has 9 nitrogen and oxygen atoms in total. The summed E-state index contributed by atoms with van der Waals surface area (Å²) < 4.78 is 39.4. The highest BCUT2D eigenvalue weighted by Gasteiger charge is 2.25. The Labute approximate surface area is 193 Å².